The van der Waals surface area contributed by atoms with Crippen LogP contribution in [-0.2, 0) is 5.41 Å². The number of aliphatic hydroxyl groups is 1. The van der Waals surface area contributed by atoms with E-state index in [0.29, 0.717) is 4.88 Å². The number of halogens is 3. The van der Waals surface area contributed by atoms with Crippen LogP contribution in [0.25, 0.3) is 0 Å². The molecule has 1 heterocycles. The summed E-state index contributed by atoms with van der Waals surface area (Å²) in [6.45, 7) is 5.95. The molecule has 0 aliphatic rings. The molecule has 1 unspecified atom stereocenters. The van der Waals surface area contributed by atoms with Gasteiger partial charge in [0.25, 0.3) is 0 Å². The lowest BCUT2D eigenvalue weighted by atomic mass is 9.95. The van der Waals surface area contributed by atoms with E-state index >= 15 is 0 Å². The molecule has 0 bridgehead atoms. The molecule has 92 valence electrons. The van der Waals surface area contributed by atoms with E-state index < -0.39 is 18.7 Å². The molecule has 0 amide bonds. The van der Waals surface area contributed by atoms with Gasteiger partial charge in [0.15, 0.2) is 0 Å². The summed E-state index contributed by atoms with van der Waals surface area (Å²) in [6, 6.07) is 3.35. The molecular weight excluding hydrogens is 237 g/mol. The number of hydrogen-bond acceptors (Lipinski definition) is 2. The molecule has 5 heteroatoms. The van der Waals surface area contributed by atoms with Crippen molar-refractivity contribution in [1.82, 2.24) is 0 Å². The minimum Gasteiger partial charge on any atom is -0.387 e. The summed E-state index contributed by atoms with van der Waals surface area (Å²) >= 11 is 1.24. The van der Waals surface area contributed by atoms with E-state index in [0.717, 1.165) is 4.88 Å². The normalized spacial score (nSPS) is 15.2. The van der Waals surface area contributed by atoms with Gasteiger partial charge < -0.3 is 5.11 Å². The summed E-state index contributed by atoms with van der Waals surface area (Å²) in [5, 5.41) is 9.43. The molecule has 0 aromatic carbocycles. The van der Waals surface area contributed by atoms with E-state index in [4.69, 9.17) is 0 Å². The van der Waals surface area contributed by atoms with Crippen molar-refractivity contribution in [1.29, 1.82) is 0 Å². The molecular formula is C11H15F3OS. The number of rotatable bonds is 2. The molecule has 0 fully saturated rings. The van der Waals surface area contributed by atoms with E-state index in [1.807, 2.05) is 20.8 Å². The summed E-state index contributed by atoms with van der Waals surface area (Å²) in [7, 11) is 0. The Morgan fingerprint density at radius 2 is 1.81 bits per heavy atom. The van der Waals surface area contributed by atoms with Crippen LogP contribution in [0.3, 0.4) is 0 Å². The summed E-state index contributed by atoms with van der Waals surface area (Å²) in [4.78, 5) is 1.35. The van der Waals surface area contributed by atoms with Gasteiger partial charge in [0.2, 0.25) is 0 Å². The molecule has 0 aliphatic carbocycles. The maximum Gasteiger partial charge on any atom is 0.391 e. The van der Waals surface area contributed by atoms with Crippen molar-refractivity contribution in [3.05, 3.63) is 21.9 Å². The molecule has 0 aliphatic heterocycles. The maximum atomic E-state index is 12.1. The average Bonchev–Trinajstić information content (AvgIpc) is 2.46. The third-order valence-electron chi connectivity index (χ3n) is 2.12. The molecule has 1 aromatic heterocycles. The van der Waals surface area contributed by atoms with Crippen LogP contribution in [0.2, 0.25) is 0 Å². The Labute approximate surface area is 96.9 Å². The molecule has 1 N–H and O–H groups in total. The van der Waals surface area contributed by atoms with Crippen LogP contribution in [-0.4, -0.2) is 11.3 Å². The average molecular weight is 252 g/mol. The second-order valence-electron chi connectivity index (χ2n) is 4.79. The first-order valence-corrected chi connectivity index (χ1v) is 5.76. The molecule has 1 atom stereocenters. The highest BCUT2D eigenvalue weighted by Crippen LogP contribution is 2.36. The fourth-order valence-electron chi connectivity index (χ4n) is 1.25. The Balaban J connectivity index is 2.79. The molecule has 1 aromatic rings. The van der Waals surface area contributed by atoms with Crippen molar-refractivity contribution >= 4 is 11.3 Å². The standard InChI is InChI=1S/C11H15F3OS/c1-10(2,3)9-5-4-8(16-9)7(15)6-11(12,13)14/h4-5,7,15H,6H2,1-3H3. The zero-order valence-electron chi connectivity index (χ0n) is 9.43. The Bertz CT molecular complexity index is 349. The number of alkyl halides is 3. The molecule has 1 nitrogen and oxygen atoms in total. The highest BCUT2D eigenvalue weighted by atomic mass is 32.1. The lowest BCUT2D eigenvalue weighted by Crippen LogP contribution is -2.12. The second-order valence-corrected chi connectivity index (χ2v) is 5.90. The van der Waals surface area contributed by atoms with Crippen LogP contribution in [0.15, 0.2) is 12.1 Å². The van der Waals surface area contributed by atoms with Gasteiger partial charge in [0, 0.05) is 9.75 Å². The van der Waals surface area contributed by atoms with Crippen molar-refractivity contribution in [3.63, 3.8) is 0 Å². The summed E-state index contributed by atoms with van der Waals surface area (Å²) in [5.74, 6) is 0. The van der Waals surface area contributed by atoms with Crippen LogP contribution in [0.1, 0.15) is 43.1 Å². The van der Waals surface area contributed by atoms with Gasteiger partial charge in [-0.25, -0.2) is 0 Å². The monoisotopic (exact) mass is 252 g/mol. The lowest BCUT2D eigenvalue weighted by molar-refractivity contribution is -0.153. The predicted octanol–water partition coefficient (Wildman–Crippen LogP) is 4.03. The zero-order chi connectivity index (χ0) is 12.6. The minimum atomic E-state index is -4.33. The highest BCUT2D eigenvalue weighted by Gasteiger charge is 2.32. The van der Waals surface area contributed by atoms with Gasteiger partial charge in [-0.2, -0.15) is 13.2 Å². The quantitative estimate of drug-likeness (QED) is 0.842. The molecule has 0 saturated heterocycles. The van der Waals surface area contributed by atoms with E-state index in [1.165, 1.54) is 11.3 Å². The molecule has 1 rings (SSSR count). The van der Waals surface area contributed by atoms with E-state index in [9.17, 15) is 18.3 Å². The lowest BCUT2D eigenvalue weighted by Gasteiger charge is -2.16. The highest BCUT2D eigenvalue weighted by molar-refractivity contribution is 7.12. The SMILES string of the molecule is CC(C)(C)c1ccc(C(O)CC(F)(F)F)s1. The van der Waals surface area contributed by atoms with Gasteiger partial charge in [-0.1, -0.05) is 20.8 Å². The van der Waals surface area contributed by atoms with Crippen LogP contribution in [0.4, 0.5) is 13.2 Å². The minimum absolute atomic E-state index is 0.0964. The van der Waals surface area contributed by atoms with Gasteiger partial charge in [0.05, 0.1) is 12.5 Å². The van der Waals surface area contributed by atoms with Gasteiger partial charge in [-0.3, -0.25) is 0 Å². The summed E-state index contributed by atoms with van der Waals surface area (Å²) < 4.78 is 36.2. The van der Waals surface area contributed by atoms with E-state index in [2.05, 4.69) is 0 Å². The van der Waals surface area contributed by atoms with Crippen molar-refractivity contribution in [3.8, 4) is 0 Å². The van der Waals surface area contributed by atoms with Gasteiger partial charge in [0.1, 0.15) is 0 Å². The van der Waals surface area contributed by atoms with Gasteiger partial charge >= 0.3 is 6.18 Å². The third-order valence-corrected chi connectivity index (χ3v) is 3.73. The van der Waals surface area contributed by atoms with Crippen LogP contribution in [0, 0.1) is 0 Å². The van der Waals surface area contributed by atoms with Crippen molar-refractivity contribution < 1.29 is 18.3 Å². The van der Waals surface area contributed by atoms with Crippen molar-refractivity contribution in [2.24, 2.45) is 0 Å². The molecule has 0 saturated carbocycles. The predicted molar refractivity (Wildman–Crippen MR) is 58.7 cm³/mol. The molecule has 0 radical (unpaired) electrons. The van der Waals surface area contributed by atoms with Crippen molar-refractivity contribution in [2.45, 2.75) is 44.9 Å². The first-order valence-electron chi connectivity index (χ1n) is 4.94. The zero-order valence-corrected chi connectivity index (χ0v) is 10.2. The topological polar surface area (TPSA) is 20.2 Å². The Kier molecular flexibility index (Phi) is 3.69. The molecule has 16 heavy (non-hydrogen) atoms. The Morgan fingerprint density at radius 1 is 1.25 bits per heavy atom. The maximum absolute atomic E-state index is 12.1. The Morgan fingerprint density at radius 3 is 2.19 bits per heavy atom. The molecule has 0 spiro atoms. The van der Waals surface area contributed by atoms with Crippen LogP contribution < -0.4 is 0 Å². The fourth-order valence-corrected chi connectivity index (χ4v) is 2.31. The Hall–Kier alpha value is -0.550. The van der Waals surface area contributed by atoms with Crippen LogP contribution >= 0.6 is 11.3 Å². The first kappa shape index (κ1) is 13.5. The van der Waals surface area contributed by atoms with Crippen LogP contribution in [0.5, 0.6) is 0 Å². The fraction of sp³-hybridized carbons (Fsp3) is 0.636. The first-order chi connectivity index (χ1) is 7.09. The third kappa shape index (κ3) is 3.79. The van der Waals surface area contributed by atoms with E-state index in [1.54, 1.807) is 12.1 Å². The number of hydrogen-bond donors (Lipinski definition) is 1. The van der Waals surface area contributed by atoms with Crippen molar-refractivity contribution in [2.75, 3.05) is 0 Å². The van der Waals surface area contributed by atoms with E-state index in [-0.39, 0.29) is 5.41 Å². The number of aliphatic hydroxyl groups excluding tert-OH is 1. The summed E-state index contributed by atoms with van der Waals surface area (Å²) in [5.41, 5.74) is -0.0964. The largest absolute Gasteiger partial charge is 0.391 e. The number of thiophene rings is 1. The second kappa shape index (κ2) is 4.37. The smallest absolute Gasteiger partial charge is 0.387 e. The van der Waals surface area contributed by atoms with Gasteiger partial charge in [-0.15, -0.1) is 11.3 Å². The van der Waals surface area contributed by atoms with Gasteiger partial charge in [-0.05, 0) is 17.5 Å². The summed E-state index contributed by atoms with van der Waals surface area (Å²) in [6.07, 6.45) is -6.95.